The van der Waals surface area contributed by atoms with Gasteiger partial charge < -0.3 is 30.3 Å². The van der Waals surface area contributed by atoms with E-state index in [1.54, 1.807) is 12.1 Å². The molecule has 11 heteroatoms. The molecule has 162 valence electrons. The Bertz CT molecular complexity index is 807. The highest BCUT2D eigenvalue weighted by Crippen LogP contribution is 2.30. The summed E-state index contributed by atoms with van der Waals surface area (Å²) in [4.78, 5) is 39.7. The third-order valence-electron chi connectivity index (χ3n) is 5.28. The summed E-state index contributed by atoms with van der Waals surface area (Å²) in [6, 6.07) is 4.69. The first-order valence-electron chi connectivity index (χ1n) is 10.1. The van der Waals surface area contributed by atoms with E-state index in [2.05, 4.69) is 15.5 Å². The summed E-state index contributed by atoms with van der Waals surface area (Å²) in [6.45, 7) is 5.85. The summed E-state index contributed by atoms with van der Waals surface area (Å²) in [7, 11) is -1.37. The van der Waals surface area contributed by atoms with Gasteiger partial charge in [0.25, 0.3) is 0 Å². The van der Waals surface area contributed by atoms with Gasteiger partial charge in [-0.3, -0.25) is 14.5 Å². The second kappa shape index (κ2) is 9.92. The molecule has 1 saturated heterocycles. The minimum Gasteiger partial charge on any atom is -0.534 e. The number of hydrogen-bond donors (Lipinski definition) is 4. The Morgan fingerprint density at radius 3 is 2.83 bits per heavy atom. The second-order valence-electron chi connectivity index (χ2n) is 7.43. The molecular formula is C19H27BN4O6. The van der Waals surface area contributed by atoms with Crippen molar-refractivity contribution in [1.82, 2.24) is 20.4 Å². The molecule has 2 amide bonds. The van der Waals surface area contributed by atoms with E-state index in [0.717, 1.165) is 19.6 Å². The molecule has 1 aromatic rings. The van der Waals surface area contributed by atoms with E-state index < -0.39 is 24.9 Å². The predicted octanol–water partition coefficient (Wildman–Crippen LogP) is -1.42. The highest BCUT2D eigenvalue weighted by Gasteiger charge is 2.38. The van der Waals surface area contributed by atoms with E-state index in [4.69, 9.17) is 4.65 Å². The first-order chi connectivity index (χ1) is 14.4. The number of piperazine rings is 1. The lowest BCUT2D eigenvalue weighted by atomic mass is 9.72. The topological polar surface area (TPSA) is 131 Å². The van der Waals surface area contributed by atoms with Crippen LogP contribution in [0.15, 0.2) is 18.2 Å². The standard InChI is InChI=1S/C19H27BN4O6/c1-2-21-6-7-23-8-9-24(17(26)12-23)11-16(25)22-15-10-13-4-3-5-14(19(27)28)18(13)30-20(15)29/h3-5,15,21,29H,2,6-12H2,1H3,(H,22,25)(H,27,28). The molecule has 1 atom stereocenters. The van der Waals surface area contributed by atoms with Crippen LogP contribution in [0.5, 0.6) is 5.75 Å². The van der Waals surface area contributed by atoms with Crippen molar-refractivity contribution in [2.75, 3.05) is 45.8 Å². The quantitative estimate of drug-likeness (QED) is 0.299. The zero-order chi connectivity index (χ0) is 21.7. The smallest absolute Gasteiger partial charge is 0.534 e. The van der Waals surface area contributed by atoms with Crippen molar-refractivity contribution in [1.29, 1.82) is 0 Å². The Morgan fingerprint density at radius 2 is 2.13 bits per heavy atom. The normalized spacial score (nSPS) is 19.3. The van der Waals surface area contributed by atoms with Crippen molar-refractivity contribution < 1.29 is 29.2 Å². The Morgan fingerprint density at radius 1 is 1.33 bits per heavy atom. The molecule has 0 aromatic heterocycles. The maximum atomic E-state index is 12.5. The molecule has 1 fully saturated rings. The summed E-state index contributed by atoms with van der Waals surface area (Å²) in [5, 5.41) is 25.4. The summed E-state index contributed by atoms with van der Waals surface area (Å²) >= 11 is 0. The maximum absolute atomic E-state index is 12.5. The summed E-state index contributed by atoms with van der Waals surface area (Å²) in [5.41, 5.74) is 0.560. The number of rotatable bonds is 8. The van der Waals surface area contributed by atoms with Crippen LogP contribution in [0.1, 0.15) is 22.8 Å². The van der Waals surface area contributed by atoms with Crippen molar-refractivity contribution in [3.8, 4) is 5.75 Å². The van der Waals surface area contributed by atoms with E-state index in [9.17, 15) is 24.5 Å². The SMILES string of the molecule is CCNCCN1CCN(CC(=O)NC2Cc3cccc(C(=O)O)c3OB2O)C(=O)C1. The lowest BCUT2D eigenvalue weighted by Crippen LogP contribution is -2.57. The summed E-state index contributed by atoms with van der Waals surface area (Å²) in [6.07, 6.45) is 0.232. The highest BCUT2D eigenvalue weighted by atomic mass is 16.5. The van der Waals surface area contributed by atoms with Gasteiger partial charge in [0.1, 0.15) is 5.75 Å². The van der Waals surface area contributed by atoms with Gasteiger partial charge >= 0.3 is 13.1 Å². The van der Waals surface area contributed by atoms with Crippen LogP contribution < -0.4 is 15.3 Å². The van der Waals surface area contributed by atoms with Crippen LogP contribution in [-0.4, -0.2) is 96.6 Å². The van der Waals surface area contributed by atoms with E-state index >= 15 is 0 Å². The highest BCUT2D eigenvalue weighted by molar-refractivity contribution is 6.47. The minimum atomic E-state index is -1.37. The molecule has 2 aliphatic rings. The Balaban J connectivity index is 1.52. The van der Waals surface area contributed by atoms with Crippen LogP contribution in [0.2, 0.25) is 0 Å². The summed E-state index contributed by atoms with van der Waals surface area (Å²) in [5.74, 6) is -2.26. The molecular weight excluding hydrogens is 391 g/mol. The third-order valence-corrected chi connectivity index (χ3v) is 5.28. The van der Waals surface area contributed by atoms with Crippen LogP contribution in [0.4, 0.5) is 0 Å². The third kappa shape index (κ3) is 5.29. The van der Waals surface area contributed by atoms with Gasteiger partial charge in [-0.25, -0.2) is 4.79 Å². The lowest BCUT2D eigenvalue weighted by molar-refractivity contribution is -0.140. The number of carbonyl (C=O) groups excluding carboxylic acids is 2. The summed E-state index contributed by atoms with van der Waals surface area (Å²) < 4.78 is 5.38. The second-order valence-corrected chi connectivity index (χ2v) is 7.43. The molecule has 1 unspecified atom stereocenters. The molecule has 0 bridgehead atoms. The molecule has 30 heavy (non-hydrogen) atoms. The first kappa shape index (κ1) is 22.1. The van der Waals surface area contributed by atoms with Crippen LogP contribution in [-0.2, 0) is 16.0 Å². The van der Waals surface area contributed by atoms with E-state index in [1.165, 1.54) is 11.0 Å². The number of carbonyl (C=O) groups is 3. The van der Waals surface area contributed by atoms with Crippen LogP contribution in [0, 0.1) is 0 Å². The number of likely N-dealkylation sites (N-methyl/N-ethyl adjacent to an activating group) is 1. The van der Waals surface area contributed by atoms with E-state index in [1.807, 2.05) is 6.92 Å². The number of carboxylic acid groups (broad SMARTS) is 1. The average molecular weight is 418 g/mol. The van der Waals surface area contributed by atoms with Crippen molar-refractivity contribution >= 4 is 24.9 Å². The van der Waals surface area contributed by atoms with E-state index in [0.29, 0.717) is 18.7 Å². The van der Waals surface area contributed by atoms with Gasteiger partial charge in [0.15, 0.2) is 0 Å². The van der Waals surface area contributed by atoms with E-state index in [-0.39, 0.29) is 36.7 Å². The van der Waals surface area contributed by atoms with Crippen molar-refractivity contribution in [3.05, 3.63) is 29.3 Å². The molecule has 0 saturated carbocycles. The first-order valence-corrected chi connectivity index (χ1v) is 10.1. The number of benzene rings is 1. The van der Waals surface area contributed by atoms with Crippen molar-refractivity contribution in [2.24, 2.45) is 0 Å². The average Bonchev–Trinajstić information content (AvgIpc) is 2.70. The lowest BCUT2D eigenvalue weighted by Gasteiger charge is -2.34. The van der Waals surface area contributed by atoms with Crippen molar-refractivity contribution in [2.45, 2.75) is 19.3 Å². The number of para-hydroxylation sites is 1. The zero-order valence-electron chi connectivity index (χ0n) is 17.0. The molecule has 0 spiro atoms. The fourth-order valence-corrected chi connectivity index (χ4v) is 3.67. The number of amides is 2. The van der Waals surface area contributed by atoms with Gasteiger partial charge in [-0.1, -0.05) is 19.1 Å². The molecule has 1 aromatic carbocycles. The molecule has 10 nitrogen and oxygen atoms in total. The number of hydrogen-bond acceptors (Lipinski definition) is 7. The van der Waals surface area contributed by atoms with Crippen molar-refractivity contribution in [3.63, 3.8) is 0 Å². The number of fused-ring (bicyclic) bond motifs is 1. The molecule has 2 aliphatic heterocycles. The maximum Gasteiger partial charge on any atom is 0.547 e. The number of carboxylic acids is 1. The van der Waals surface area contributed by atoms with Gasteiger partial charge in [0.05, 0.1) is 24.6 Å². The van der Waals surface area contributed by atoms with Gasteiger partial charge in [-0.15, -0.1) is 0 Å². The molecule has 0 radical (unpaired) electrons. The minimum absolute atomic E-state index is 0.0334. The Kier molecular flexibility index (Phi) is 7.30. The molecule has 2 heterocycles. The van der Waals surface area contributed by atoms with Crippen LogP contribution in [0.3, 0.4) is 0 Å². The number of aromatic carboxylic acids is 1. The van der Waals surface area contributed by atoms with Gasteiger partial charge in [0.2, 0.25) is 11.8 Å². The van der Waals surface area contributed by atoms with Crippen LogP contribution >= 0.6 is 0 Å². The van der Waals surface area contributed by atoms with Gasteiger partial charge in [0, 0.05) is 26.2 Å². The number of nitrogens with zero attached hydrogens (tertiary/aromatic N) is 2. The van der Waals surface area contributed by atoms with Gasteiger partial charge in [-0.2, -0.15) is 0 Å². The number of nitrogens with one attached hydrogen (secondary N) is 2. The van der Waals surface area contributed by atoms with Crippen LogP contribution in [0.25, 0.3) is 0 Å². The Labute approximate surface area is 175 Å². The predicted molar refractivity (Wildman–Crippen MR) is 109 cm³/mol. The Hall–Kier alpha value is -2.63. The fraction of sp³-hybridized carbons (Fsp3) is 0.526. The fourth-order valence-electron chi connectivity index (χ4n) is 3.67. The van der Waals surface area contributed by atoms with Gasteiger partial charge in [-0.05, 0) is 24.6 Å². The molecule has 4 N–H and O–H groups in total. The largest absolute Gasteiger partial charge is 0.547 e. The zero-order valence-corrected chi connectivity index (χ0v) is 17.0. The molecule has 0 aliphatic carbocycles. The molecule has 3 rings (SSSR count). The monoisotopic (exact) mass is 418 g/mol.